The number of rotatable bonds is 2. The molecular formula is C21H18O4. The van der Waals surface area contributed by atoms with Gasteiger partial charge in [-0.05, 0) is 24.6 Å². The molecule has 0 saturated heterocycles. The number of Topliss-reactive ketones (excluding diaryl/α,β-unsaturated/α-hetero) is 1. The average Bonchev–Trinajstić information content (AvgIpc) is 2.86. The van der Waals surface area contributed by atoms with Crippen molar-refractivity contribution in [2.45, 2.75) is 26.4 Å². The van der Waals surface area contributed by atoms with Gasteiger partial charge in [0.25, 0.3) is 0 Å². The van der Waals surface area contributed by atoms with Gasteiger partial charge >= 0.3 is 5.63 Å². The topological polar surface area (TPSA) is 56.5 Å². The molecule has 0 bridgehead atoms. The van der Waals surface area contributed by atoms with E-state index in [0.717, 1.165) is 11.1 Å². The fourth-order valence-electron chi connectivity index (χ4n) is 3.64. The van der Waals surface area contributed by atoms with E-state index >= 15 is 0 Å². The second-order valence-electron chi connectivity index (χ2n) is 6.78. The van der Waals surface area contributed by atoms with E-state index in [4.69, 9.17) is 9.15 Å². The van der Waals surface area contributed by atoms with Crippen LogP contribution in [0, 0.1) is 12.8 Å². The SMILES string of the molecule is Cc1ccccc1C1(C(C)C)Oc2cc3oc(=O)ccc3cc2C1=O. The van der Waals surface area contributed by atoms with Gasteiger partial charge in [0.2, 0.25) is 5.78 Å². The lowest BCUT2D eigenvalue weighted by Gasteiger charge is -2.33. The van der Waals surface area contributed by atoms with Crippen LogP contribution in [-0.4, -0.2) is 5.78 Å². The highest BCUT2D eigenvalue weighted by molar-refractivity contribution is 6.10. The van der Waals surface area contributed by atoms with E-state index in [0.29, 0.717) is 22.3 Å². The smallest absolute Gasteiger partial charge is 0.336 e. The van der Waals surface area contributed by atoms with Crippen LogP contribution in [0.15, 0.2) is 57.7 Å². The molecule has 1 aromatic heterocycles. The zero-order valence-electron chi connectivity index (χ0n) is 14.3. The van der Waals surface area contributed by atoms with Gasteiger partial charge in [0, 0.05) is 29.0 Å². The predicted octanol–water partition coefficient (Wildman–Crippen LogP) is 4.23. The third-order valence-corrected chi connectivity index (χ3v) is 4.93. The van der Waals surface area contributed by atoms with Gasteiger partial charge < -0.3 is 9.15 Å². The Bertz CT molecular complexity index is 1060. The Labute approximate surface area is 145 Å². The van der Waals surface area contributed by atoms with E-state index in [2.05, 4.69) is 0 Å². The van der Waals surface area contributed by atoms with E-state index in [1.165, 1.54) is 6.07 Å². The van der Waals surface area contributed by atoms with Crippen LogP contribution in [0.1, 0.15) is 35.3 Å². The first-order valence-corrected chi connectivity index (χ1v) is 8.31. The number of ether oxygens (including phenoxy) is 1. The summed E-state index contributed by atoms with van der Waals surface area (Å²) < 4.78 is 11.5. The van der Waals surface area contributed by atoms with Gasteiger partial charge in [-0.2, -0.15) is 0 Å². The normalized spacial score (nSPS) is 19.3. The molecule has 0 N–H and O–H groups in total. The molecule has 0 saturated carbocycles. The molecule has 3 aromatic rings. The average molecular weight is 334 g/mol. The number of aryl methyl sites for hydroxylation is 1. The Morgan fingerprint density at radius 1 is 1.00 bits per heavy atom. The summed E-state index contributed by atoms with van der Waals surface area (Å²) >= 11 is 0. The molecule has 126 valence electrons. The number of hydrogen-bond acceptors (Lipinski definition) is 4. The lowest BCUT2D eigenvalue weighted by molar-refractivity contribution is 0.0326. The third kappa shape index (κ3) is 2.14. The molecule has 0 amide bonds. The van der Waals surface area contributed by atoms with Gasteiger partial charge in [-0.25, -0.2) is 4.79 Å². The molecule has 4 heteroatoms. The Morgan fingerprint density at radius 2 is 1.76 bits per heavy atom. The Morgan fingerprint density at radius 3 is 2.48 bits per heavy atom. The fourth-order valence-corrected chi connectivity index (χ4v) is 3.64. The van der Waals surface area contributed by atoms with Crippen molar-refractivity contribution < 1.29 is 13.9 Å². The van der Waals surface area contributed by atoms with Crippen molar-refractivity contribution in [2.24, 2.45) is 5.92 Å². The summed E-state index contributed by atoms with van der Waals surface area (Å²) in [6, 6.07) is 14.2. The molecule has 1 aliphatic heterocycles. The van der Waals surface area contributed by atoms with Gasteiger partial charge in [0.1, 0.15) is 11.3 Å². The summed E-state index contributed by atoms with van der Waals surface area (Å²) in [4.78, 5) is 24.9. The van der Waals surface area contributed by atoms with E-state index in [1.807, 2.05) is 45.0 Å². The summed E-state index contributed by atoms with van der Waals surface area (Å²) in [5.41, 5.74) is 1.34. The van der Waals surface area contributed by atoms with Crippen molar-refractivity contribution in [3.63, 3.8) is 0 Å². The summed E-state index contributed by atoms with van der Waals surface area (Å²) in [5.74, 6) is 0.340. The monoisotopic (exact) mass is 334 g/mol. The highest BCUT2D eigenvalue weighted by Crippen LogP contribution is 2.47. The standard InChI is InChI=1S/C21H18O4/c1-12(2)21(16-7-5-4-6-13(16)3)20(23)15-10-14-8-9-19(22)24-17(14)11-18(15)25-21/h4-12H,1-3H3. The van der Waals surface area contributed by atoms with E-state index in [-0.39, 0.29) is 11.7 Å². The zero-order valence-corrected chi connectivity index (χ0v) is 14.3. The third-order valence-electron chi connectivity index (χ3n) is 4.93. The number of ketones is 1. The van der Waals surface area contributed by atoms with Crippen LogP contribution in [-0.2, 0) is 5.60 Å². The Balaban J connectivity index is 1.97. The highest BCUT2D eigenvalue weighted by atomic mass is 16.5. The number of carbonyl (C=O) groups is 1. The summed E-state index contributed by atoms with van der Waals surface area (Å²) in [6.45, 7) is 5.95. The molecule has 0 aliphatic carbocycles. The maximum atomic E-state index is 13.4. The Hall–Kier alpha value is -2.88. The molecule has 2 heterocycles. The molecule has 1 unspecified atom stereocenters. The highest BCUT2D eigenvalue weighted by Gasteiger charge is 2.52. The molecule has 4 nitrogen and oxygen atoms in total. The van der Waals surface area contributed by atoms with Crippen LogP contribution in [0.25, 0.3) is 11.0 Å². The lowest BCUT2D eigenvalue weighted by Crippen LogP contribution is -2.42. The minimum absolute atomic E-state index is 0.0556. The van der Waals surface area contributed by atoms with Gasteiger partial charge in [-0.15, -0.1) is 0 Å². The van der Waals surface area contributed by atoms with E-state index in [1.54, 1.807) is 18.2 Å². The molecule has 2 aromatic carbocycles. The van der Waals surface area contributed by atoms with Crippen molar-refractivity contribution >= 4 is 16.8 Å². The number of benzene rings is 2. The van der Waals surface area contributed by atoms with Gasteiger partial charge in [0.15, 0.2) is 5.60 Å². The van der Waals surface area contributed by atoms with Gasteiger partial charge in [-0.3, -0.25) is 4.79 Å². The van der Waals surface area contributed by atoms with Gasteiger partial charge in [0.05, 0.1) is 5.56 Å². The second-order valence-corrected chi connectivity index (χ2v) is 6.78. The molecule has 4 rings (SSSR count). The first-order valence-electron chi connectivity index (χ1n) is 8.31. The number of fused-ring (bicyclic) bond motifs is 2. The number of hydrogen-bond donors (Lipinski definition) is 0. The second kappa shape index (κ2) is 5.31. The molecule has 0 fully saturated rings. The first kappa shape index (κ1) is 15.6. The van der Waals surface area contributed by atoms with Gasteiger partial charge in [-0.1, -0.05) is 38.1 Å². The van der Waals surface area contributed by atoms with Crippen LogP contribution in [0.3, 0.4) is 0 Å². The summed E-state index contributed by atoms with van der Waals surface area (Å²) in [6.07, 6.45) is 0. The minimum Gasteiger partial charge on any atom is -0.473 e. The molecule has 0 spiro atoms. The molecule has 1 aliphatic rings. The van der Waals surface area contributed by atoms with E-state index in [9.17, 15) is 9.59 Å². The maximum Gasteiger partial charge on any atom is 0.336 e. The van der Waals surface area contributed by atoms with Crippen molar-refractivity contribution in [2.75, 3.05) is 0 Å². The summed E-state index contributed by atoms with van der Waals surface area (Å²) in [7, 11) is 0. The van der Waals surface area contributed by atoms with E-state index < -0.39 is 11.2 Å². The fraction of sp³-hybridized carbons (Fsp3) is 0.238. The summed E-state index contributed by atoms with van der Waals surface area (Å²) in [5, 5.41) is 0.708. The maximum absolute atomic E-state index is 13.4. The lowest BCUT2D eigenvalue weighted by atomic mass is 9.77. The van der Waals surface area contributed by atoms with Crippen LogP contribution < -0.4 is 10.4 Å². The Kier molecular flexibility index (Phi) is 3.32. The molecule has 1 atom stereocenters. The number of carbonyl (C=O) groups excluding carboxylic acids is 1. The van der Waals surface area contributed by atoms with Crippen molar-refractivity contribution in [1.82, 2.24) is 0 Å². The van der Waals surface area contributed by atoms with Crippen molar-refractivity contribution in [1.29, 1.82) is 0 Å². The van der Waals surface area contributed by atoms with Crippen LogP contribution >= 0.6 is 0 Å². The molecular weight excluding hydrogens is 316 g/mol. The van der Waals surface area contributed by atoms with Crippen LogP contribution in [0.2, 0.25) is 0 Å². The first-order chi connectivity index (χ1) is 11.9. The predicted molar refractivity (Wildman–Crippen MR) is 95.1 cm³/mol. The molecule has 0 radical (unpaired) electrons. The zero-order chi connectivity index (χ0) is 17.8. The van der Waals surface area contributed by atoms with Crippen LogP contribution in [0.4, 0.5) is 0 Å². The molecule has 25 heavy (non-hydrogen) atoms. The van der Waals surface area contributed by atoms with Crippen molar-refractivity contribution in [3.05, 3.63) is 75.6 Å². The largest absolute Gasteiger partial charge is 0.473 e. The quantitative estimate of drug-likeness (QED) is 0.658. The minimum atomic E-state index is -1.06. The van der Waals surface area contributed by atoms with Crippen molar-refractivity contribution in [3.8, 4) is 5.75 Å². The van der Waals surface area contributed by atoms with Crippen LogP contribution in [0.5, 0.6) is 5.75 Å².